The van der Waals surface area contributed by atoms with Crippen LogP contribution in [0.2, 0.25) is 0 Å². The van der Waals surface area contributed by atoms with Crippen molar-refractivity contribution in [1.29, 1.82) is 0 Å². The normalized spacial score (nSPS) is 12.1. The summed E-state index contributed by atoms with van der Waals surface area (Å²) in [4.78, 5) is 12.4. The van der Waals surface area contributed by atoms with Crippen molar-refractivity contribution in [3.05, 3.63) is 58.7 Å². The van der Waals surface area contributed by atoms with Crippen molar-refractivity contribution in [1.82, 2.24) is 0 Å². The summed E-state index contributed by atoms with van der Waals surface area (Å²) >= 11 is 0. The standard InChI is InChI=1S/C17H13F6O2P.Li/c1-9-8-10(25-2)6-7-13(9)26-15(24)14-11(16(18,19)20)4-3-5-12(14)17(21,22)23;/h3-8,26H,1-2H3;. The number of rotatable bonds is 4. The smallest absolute Gasteiger partial charge is 0.417 e. The van der Waals surface area contributed by atoms with Gasteiger partial charge in [0.15, 0.2) is 5.52 Å². The van der Waals surface area contributed by atoms with Gasteiger partial charge in [-0.2, -0.15) is 26.3 Å². The number of hydrogen-bond donors (Lipinski definition) is 0. The SMILES string of the molecule is COc1ccc(PC(=O)c2c(C(F)(F)F)cccc2C(F)(F)F)c(C)c1.[Li]. The first-order valence-electron chi connectivity index (χ1n) is 7.18. The quantitative estimate of drug-likeness (QED) is 0.418. The molecule has 0 N–H and O–H groups in total. The zero-order chi connectivity index (χ0) is 19.7. The second-order valence-corrected chi connectivity index (χ2v) is 6.60. The molecule has 10 heteroatoms. The van der Waals surface area contributed by atoms with Crippen LogP contribution in [0.25, 0.3) is 0 Å². The van der Waals surface area contributed by atoms with Gasteiger partial charge in [-0.05, 0) is 50.6 Å². The molecule has 0 amide bonds. The van der Waals surface area contributed by atoms with Gasteiger partial charge in [0.2, 0.25) is 0 Å². The van der Waals surface area contributed by atoms with Crippen molar-refractivity contribution in [3.8, 4) is 5.75 Å². The number of alkyl halides is 6. The Morgan fingerprint density at radius 2 is 1.48 bits per heavy atom. The maximum atomic E-state index is 13.2. The van der Waals surface area contributed by atoms with Crippen LogP contribution in [0.5, 0.6) is 5.75 Å². The van der Waals surface area contributed by atoms with Crippen molar-refractivity contribution in [2.75, 3.05) is 7.11 Å². The molecule has 0 aliphatic carbocycles. The monoisotopic (exact) mass is 401 g/mol. The Labute approximate surface area is 165 Å². The molecule has 0 saturated carbocycles. The first-order chi connectivity index (χ1) is 11.9. The van der Waals surface area contributed by atoms with Gasteiger partial charge in [0.25, 0.3) is 0 Å². The molecule has 0 spiro atoms. The molecule has 0 aliphatic rings. The molecule has 0 bridgehead atoms. The van der Waals surface area contributed by atoms with Gasteiger partial charge in [0.05, 0.1) is 18.2 Å². The Morgan fingerprint density at radius 1 is 0.963 bits per heavy atom. The molecule has 1 radical (unpaired) electrons. The van der Waals surface area contributed by atoms with E-state index in [1.807, 2.05) is 0 Å². The van der Waals surface area contributed by atoms with Crippen LogP contribution in [0.3, 0.4) is 0 Å². The van der Waals surface area contributed by atoms with E-state index >= 15 is 0 Å². The molecule has 1 unspecified atom stereocenters. The van der Waals surface area contributed by atoms with E-state index in [9.17, 15) is 31.1 Å². The Balaban J connectivity index is 0.00000364. The van der Waals surface area contributed by atoms with Gasteiger partial charge in [-0.3, -0.25) is 4.79 Å². The molecule has 0 aromatic heterocycles. The number of carbonyl (C=O) groups excluding carboxylic acids is 1. The van der Waals surface area contributed by atoms with Crippen LogP contribution < -0.4 is 10.0 Å². The van der Waals surface area contributed by atoms with E-state index < -0.39 is 43.1 Å². The van der Waals surface area contributed by atoms with Gasteiger partial charge in [-0.15, -0.1) is 0 Å². The Hall–Kier alpha value is -1.48. The van der Waals surface area contributed by atoms with Crippen LogP contribution in [-0.2, 0) is 12.4 Å². The molecule has 0 fully saturated rings. The van der Waals surface area contributed by atoms with E-state index in [1.165, 1.54) is 19.2 Å². The molecule has 1 atom stereocenters. The van der Waals surface area contributed by atoms with E-state index in [4.69, 9.17) is 4.74 Å². The van der Waals surface area contributed by atoms with Crippen LogP contribution in [0.4, 0.5) is 26.3 Å². The minimum atomic E-state index is -5.08. The van der Waals surface area contributed by atoms with Crippen LogP contribution in [0.15, 0.2) is 36.4 Å². The third-order valence-electron chi connectivity index (χ3n) is 3.58. The molecule has 2 nitrogen and oxygen atoms in total. The van der Waals surface area contributed by atoms with E-state index in [2.05, 4.69) is 0 Å². The van der Waals surface area contributed by atoms with E-state index in [0.717, 1.165) is 0 Å². The van der Waals surface area contributed by atoms with E-state index in [1.54, 1.807) is 13.0 Å². The molecule has 0 heterocycles. The fourth-order valence-electron chi connectivity index (χ4n) is 2.36. The Morgan fingerprint density at radius 3 is 1.89 bits per heavy atom. The molecule has 0 aliphatic heterocycles. The number of methoxy groups -OCH3 is 1. The maximum Gasteiger partial charge on any atom is 0.417 e. The molecule has 141 valence electrons. The number of aryl methyl sites for hydroxylation is 1. The van der Waals surface area contributed by atoms with E-state index in [-0.39, 0.29) is 18.9 Å². The summed E-state index contributed by atoms with van der Waals surface area (Å²) < 4.78 is 84.0. The summed E-state index contributed by atoms with van der Waals surface area (Å²) in [5.41, 5.74) is -5.21. The second kappa shape index (κ2) is 8.68. The van der Waals surface area contributed by atoms with Crippen LogP contribution in [0.1, 0.15) is 27.0 Å². The summed E-state index contributed by atoms with van der Waals surface area (Å²) in [7, 11) is 0.523. The topological polar surface area (TPSA) is 26.3 Å². The fraction of sp³-hybridized carbons (Fsp3) is 0.235. The summed E-state index contributed by atoms with van der Waals surface area (Å²) in [6, 6.07) is 6.10. The zero-order valence-corrected chi connectivity index (χ0v) is 15.5. The molecule has 27 heavy (non-hydrogen) atoms. The van der Waals surface area contributed by atoms with Gasteiger partial charge in [0.1, 0.15) is 5.75 Å². The Bertz CT molecular complexity index is 801. The van der Waals surface area contributed by atoms with Gasteiger partial charge in [-0.25, -0.2) is 0 Å². The molecule has 0 saturated heterocycles. The number of carbonyl (C=O) groups is 1. The number of hydrogen-bond acceptors (Lipinski definition) is 2. The third-order valence-corrected chi connectivity index (χ3v) is 4.89. The van der Waals surface area contributed by atoms with Gasteiger partial charge < -0.3 is 4.74 Å². The summed E-state index contributed by atoms with van der Waals surface area (Å²) in [5.74, 6) is 0.468. The zero-order valence-electron chi connectivity index (χ0n) is 14.5. The summed E-state index contributed by atoms with van der Waals surface area (Å²) in [5, 5.41) is 0.348. The first kappa shape index (κ1) is 23.6. The van der Waals surface area contributed by atoms with Gasteiger partial charge >= 0.3 is 12.4 Å². The molecule has 2 aromatic rings. The minimum absolute atomic E-state index is 0. The molecular weight excluding hydrogens is 388 g/mol. The predicted molar refractivity (Wildman–Crippen MR) is 92.2 cm³/mol. The fourth-order valence-corrected chi connectivity index (χ4v) is 3.43. The molecule has 2 aromatic carbocycles. The number of ether oxygens (including phenoxy) is 1. The summed E-state index contributed by atoms with van der Waals surface area (Å²) in [6.07, 6.45) is -10.2. The van der Waals surface area contributed by atoms with Gasteiger partial charge in [0, 0.05) is 24.4 Å². The van der Waals surface area contributed by atoms with Gasteiger partial charge in [-0.1, -0.05) is 12.1 Å². The average molecular weight is 401 g/mol. The van der Waals surface area contributed by atoms with Crippen LogP contribution >= 0.6 is 8.58 Å². The third kappa shape index (κ3) is 5.51. The van der Waals surface area contributed by atoms with Crippen molar-refractivity contribution >= 4 is 38.3 Å². The predicted octanol–water partition coefficient (Wildman–Crippen LogP) is 4.80. The number of benzene rings is 2. The molecule has 2 rings (SSSR count). The average Bonchev–Trinajstić information content (AvgIpc) is 2.54. The Kier molecular flexibility index (Phi) is 7.58. The minimum Gasteiger partial charge on any atom is -0.497 e. The van der Waals surface area contributed by atoms with Crippen molar-refractivity contribution in [3.63, 3.8) is 0 Å². The first-order valence-corrected chi connectivity index (χ1v) is 8.18. The molecular formula is C17H13F6LiO2P. The second-order valence-electron chi connectivity index (χ2n) is 5.36. The van der Waals surface area contributed by atoms with Crippen LogP contribution in [-0.4, -0.2) is 31.5 Å². The largest absolute Gasteiger partial charge is 0.497 e. The number of halogens is 6. The van der Waals surface area contributed by atoms with E-state index in [0.29, 0.717) is 34.8 Å². The van der Waals surface area contributed by atoms with Crippen LogP contribution in [0, 0.1) is 6.92 Å². The maximum absolute atomic E-state index is 13.2. The summed E-state index contributed by atoms with van der Waals surface area (Å²) in [6.45, 7) is 1.60. The van der Waals surface area contributed by atoms with Crippen molar-refractivity contribution < 1.29 is 35.9 Å². The van der Waals surface area contributed by atoms with Crippen molar-refractivity contribution in [2.45, 2.75) is 19.3 Å². The van der Waals surface area contributed by atoms with Crippen molar-refractivity contribution in [2.24, 2.45) is 0 Å².